The number of rotatable bonds is 11. The molecule has 0 aromatic heterocycles. The molecule has 1 aliphatic rings. The van der Waals surface area contributed by atoms with E-state index < -0.39 is 6.04 Å². The number of likely N-dealkylation sites (tertiary alicyclic amines) is 1. The first-order chi connectivity index (χ1) is 13.1. The molecule has 1 fully saturated rings. The van der Waals surface area contributed by atoms with Crippen molar-refractivity contribution < 1.29 is 14.7 Å². The number of aliphatic hydroxyl groups excluding tert-OH is 1. The first-order valence-corrected chi connectivity index (χ1v) is 10.3. The van der Waals surface area contributed by atoms with Gasteiger partial charge >= 0.3 is 0 Å². The predicted molar refractivity (Wildman–Crippen MR) is 109 cm³/mol. The van der Waals surface area contributed by atoms with E-state index in [1.54, 1.807) is 4.90 Å². The van der Waals surface area contributed by atoms with Gasteiger partial charge in [-0.1, -0.05) is 82.2 Å². The first-order valence-electron chi connectivity index (χ1n) is 10.3. The fraction of sp³-hybridized carbons (Fsp3) is 0.565. The summed E-state index contributed by atoms with van der Waals surface area (Å²) in [4.78, 5) is 27.1. The molecule has 1 heterocycles. The summed E-state index contributed by atoms with van der Waals surface area (Å²) in [5.74, 6) is -0.728. The van der Waals surface area contributed by atoms with Gasteiger partial charge in [-0.05, 0) is 18.9 Å². The smallest absolute Gasteiger partial charge is 0.261 e. The Bertz CT molecular complexity index is 647. The van der Waals surface area contributed by atoms with Crippen LogP contribution in [-0.2, 0) is 16.0 Å². The Morgan fingerprint density at radius 1 is 0.963 bits per heavy atom. The van der Waals surface area contributed by atoms with Crippen molar-refractivity contribution in [2.75, 3.05) is 6.54 Å². The summed E-state index contributed by atoms with van der Waals surface area (Å²) in [5.41, 5.74) is 0.997. The number of nitrogens with zero attached hydrogens (tertiary/aromatic N) is 1. The second-order valence-electron chi connectivity index (χ2n) is 7.50. The van der Waals surface area contributed by atoms with Crippen LogP contribution >= 0.6 is 0 Å². The lowest BCUT2D eigenvalue weighted by atomic mass is 10.0. The summed E-state index contributed by atoms with van der Waals surface area (Å²) >= 11 is 0. The molecule has 1 aliphatic heterocycles. The minimum atomic E-state index is -0.499. The zero-order valence-electron chi connectivity index (χ0n) is 16.7. The van der Waals surface area contributed by atoms with E-state index >= 15 is 0 Å². The Morgan fingerprint density at radius 2 is 1.56 bits per heavy atom. The van der Waals surface area contributed by atoms with Crippen molar-refractivity contribution in [2.45, 2.75) is 77.7 Å². The molecule has 1 atom stereocenters. The minimum Gasteiger partial charge on any atom is -0.512 e. The van der Waals surface area contributed by atoms with Gasteiger partial charge in [-0.25, -0.2) is 0 Å². The standard InChI is InChI=1S/C23H33NO3/c1-3-4-5-6-7-8-9-13-16-24-20(17-19-14-11-10-12-15-19)22(26)21(18(2)25)23(24)27/h10-12,14-15,20,25H,3-9,13,16-17H2,1-2H3/b21-18-/t20-/m0/s1. The maximum absolute atomic E-state index is 12.7. The molecule has 0 radical (unpaired) electrons. The van der Waals surface area contributed by atoms with Gasteiger partial charge in [0.15, 0.2) is 5.78 Å². The summed E-state index contributed by atoms with van der Waals surface area (Å²) in [7, 11) is 0. The molecule has 4 heteroatoms. The highest BCUT2D eigenvalue weighted by Gasteiger charge is 2.43. The monoisotopic (exact) mass is 371 g/mol. The lowest BCUT2D eigenvalue weighted by molar-refractivity contribution is -0.127. The van der Waals surface area contributed by atoms with Gasteiger partial charge in [0.1, 0.15) is 11.3 Å². The highest BCUT2D eigenvalue weighted by molar-refractivity contribution is 6.26. The van der Waals surface area contributed by atoms with E-state index in [9.17, 15) is 14.7 Å². The van der Waals surface area contributed by atoms with E-state index in [0.29, 0.717) is 13.0 Å². The summed E-state index contributed by atoms with van der Waals surface area (Å²) in [6.07, 6.45) is 10.0. The van der Waals surface area contributed by atoms with Gasteiger partial charge in [0, 0.05) is 13.0 Å². The van der Waals surface area contributed by atoms with Gasteiger partial charge in [0.05, 0.1) is 6.04 Å². The van der Waals surface area contributed by atoms with E-state index in [1.807, 2.05) is 30.3 Å². The maximum Gasteiger partial charge on any atom is 0.261 e. The molecule has 0 bridgehead atoms. The molecule has 148 valence electrons. The number of Topliss-reactive ketones (excluding diaryl/α,β-unsaturated/α-hetero) is 1. The van der Waals surface area contributed by atoms with Crippen LogP contribution in [0.1, 0.15) is 70.8 Å². The van der Waals surface area contributed by atoms with Gasteiger partial charge in [-0.3, -0.25) is 9.59 Å². The van der Waals surface area contributed by atoms with Gasteiger partial charge in [0.25, 0.3) is 5.91 Å². The number of hydrogen-bond acceptors (Lipinski definition) is 3. The molecule has 2 rings (SSSR count). The molecule has 4 nitrogen and oxygen atoms in total. The molecule has 0 aliphatic carbocycles. The van der Waals surface area contributed by atoms with Crippen molar-refractivity contribution in [1.29, 1.82) is 0 Å². The van der Waals surface area contributed by atoms with Crippen LogP contribution in [-0.4, -0.2) is 34.3 Å². The Hall–Kier alpha value is -2.10. The van der Waals surface area contributed by atoms with Gasteiger partial charge < -0.3 is 10.0 Å². The Morgan fingerprint density at radius 3 is 2.15 bits per heavy atom. The number of carbonyl (C=O) groups excluding carboxylic acids is 2. The topological polar surface area (TPSA) is 57.6 Å². The van der Waals surface area contributed by atoms with Crippen LogP contribution in [0.2, 0.25) is 0 Å². The van der Waals surface area contributed by atoms with Gasteiger partial charge in [-0.2, -0.15) is 0 Å². The zero-order chi connectivity index (χ0) is 19.6. The van der Waals surface area contributed by atoms with Crippen LogP contribution in [0, 0.1) is 0 Å². The normalized spacial score (nSPS) is 19.0. The molecule has 1 amide bonds. The number of carbonyl (C=O) groups is 2. The molecule has 0 saturated carbocycles. The van der Waals surface area contributed by atoms with Crippen molar-refractivity contribution in [3.05, 3.63) is 47.2 Å². The second kappa shape index (κ2) is 10.9. The fourth-order valence-electron chi connectivity index (χ4n) is 3.75. The van der Waals surface area contributed by atoms with Gasteiger partial charge in [0.2, 0.25) is 0 Å². The number of amides is 1. The molecular formula is C23H33NO3. The van der Waals surface area contributed by atoms with E-state index in [4.69, 9.17) is 0 Å². The lowest BCUT2D eigenvalue weighted by Crippen LogP contribution is -2.37. The molecule has 1 saturated heterocycles. The third kappa shape index (κ3) is 5.95. The van der Waals surface area contributed by atoms with Crippen LogP contribution in [0.4, 0.5) is 0 Å². The molecular weight excluding hydrogens is 338 g/mol. The highest BCUT2D eigenvalue weighted by atomic mass is 16.3. The number of allylic oxidation sites excluding steroid dienone is 1. The Balaban J connectivity index is 1.93. The third-order valence-corrected chi connectivity index (χ3v) is 5.29. The van der Waals surface area contributed by atoms with E-state index in [1.165, 1.54) is 45.4 Å². The minimum absolute atomic E-state index is 0.0319. The van der Waals surface area contributed by atoms with Crippen molar-refractivity contribution in [3.8, 4) is 0 Å². The van der Waals surface area contributed by atoms with Crippen LogP contribution in [0.15, 0.2) is 41.7 Å². The molecule has 1 aromatic carbocycles. The highest BCUT2D eigenvalue weighted by Crippen LogP contribution is 2.26. The number of aliphatic hydroxyl groups is 1. The maximum atomic E-state index is 12.7. The largest absolute Gasteiger partial charge is 0.512 e. The van der Waals surface area contributed by atoms with E-state index in [-0.39, 0.29) is 23.0 Å². The second-order valence-corrected chi connectivity index (χ2v) is 7.50. The Labute approximate surface area is 163 Å². The number of benzene rings is 1. The van der Waals surface area contributed by atoms with Crippen molar-refractivity contribution in [1.82, 2.24) is 4.90 Å². The van der Waals surface area contributed by atoms with E-state index in [0.717, 1.165) is 18.4 Å². The van der Waals surface area contributed by atoms with Crippen LogP contribution < -0.4 is 0 Å². The third-order valence-electron chi connectivity index (χ3n) is 5.29. The summed E-state index contributed by atoms with van der Waals surface area (Å²) < 4.78 is 0. The van der Waals surface area contributed by atoms with Crippen molar-refractivity contribution in [2.24, 2.45) is 0 Å². The average molecular weight is 372 g/mol. The molecule has 1 aromatic rings. The quantitative estimate of drug-likeness (QED) is 0.258. The number of unbranched alkanes of at least 4 members (excludes halogenated alkanes) is 7. The molecule has 0 unspecified atom stereocenters. The zero-order valence-corrected chi connectivity index (χ0v) is 16.7. The molecule has 27 heavy (non-hydrogen) atoms. The van der Waals surface area contributed by atoms with Gasteiger partial charge in [-0.15, -0.1) is 0 Å². The van der Waals surface area contributed by atoms with Crippen LogP contribution in [0.25, 0.3) is 0 Å². The lowest BCUT2D eigenvalue weighted by Gasteiger charge is -2.23. The Kier molecular flexibility index (Phi) is 8.56. The number of hydrogen-bond donors (Lipinski definition) is 1. The summed E-state index contributed by atoms with van der Waals surface area (Å²) in [6, 6.07) is 9.26. The van der Waals surface area contributed by atoms with E-state index in [2.05, 4.69) is 6.92 Å². The predicted octanol–water partition coefficient (Wildman–Crippen LogP) is 4.98. The number of ketones is 1. The summed E-state index contributed by atoms with van der Waals surface area (Å²) in [5, 5.41) is 9.82. The van der Waals surface area contributed by atoms with Crippen molar-refractivity contribution in [3.63, 3.8) is 0 Å². The van der Waals surface area contributed by atoms with Crippen molar-refractivity contribution >= 4 is 11.7 Å². The molecule has 0 spiro atoms. The van der Waals surface area contributed by atoms with Crippen LogP contribution in [0.5, 0.6) is 0 Å². The molecule has 1 N–H and O–H groups in total. The fourth-order valence-corrected chi connectivity index (χ4v) is 3.75. The SMILES string of the molecule is CCCCCCCCCCN1C(=O)/C(=C(/C)O)C(=O)[C@@H]1Cc1ccccc1. The summed E-state index contributed by atoms with van der Waals surface area (Å²) in [6.45, 7) is 4.22. The van der Waals surface area contributed by atoms with Crippen LogP contribution in [0.3, 0.4) is 0 Å². The first kappa shape index (κ1) is 21.2. The average Bonchev–Trinajstić information content (AvgIpc) is 2.88.